The first-order valence-corrected chi connectivity index (χ1v) is 9.62. The summed E-state index contributed by atoms with van der Waals surface area (Å²) in [6.07, 6.45) is -4.47. The van der Waals surface area contributed by atoms with Crippen LogP contribution in [0.4, 0.5) is 13.2 Å². The average Bonchev–Trinajstić information content (AvgIpc) is 2.96. The van der Waals surface area contributed by atoms with Crippen LogP contribution in [-0.2, 0) is 22.3 Å². The van der Waals surface area contributed by atoms with Gasteiger partial charge in [0.1, 0.15) is 6.10 Å². The minimum atomic E-state index is -4.55. The summed E-state index contributed by atoms with van der Waals surface area (Å²) in [6.45, 7) is 9.43. The first kappa shape index (κ1) is 22.9. The van der Waals surface area contributed by atoms with Crippen LogP contribution in [0.15, 0.2) is 24.3 Å². The molecule has 1 aromatic carbocycles. The number of rotatable bonds is 8. The van der Waals surface area contributed by atoms with E-state index in [0.29, 0.717) is 18.2 Å². The SMILES string of the molecule is Cc1cc(C)n(-c2ccc(CNC(=O)C(C)OCCC(C)C)c(C(F)(F)F)c2)n1. The number of ether oxygens (including phenoxy) is 1. The molecule has 160 valence electrons. The van der Waals surface area contributed by atoms with Gasteiger partial charge in [0.05, 0.1) is 16.9 Å². The van der Waals surface area contributed by atoms with Crippen molar-refractivity contribution in [2.75, 3.05) is 6.61 Å². The maximum absolute atomic E-state index is 13.6. The topological polar surface area (TPSA) is 56.2 Å². The number of hydrogen-bond donors (Lipinski definition) is 1. The molecule has 2 aromatic rings. The Labute approximate surface area is 169 Å². The zero-order valence-corrected chi connectivity index (χ0v) is 17.4. The molecule has 0 spiro atoms. The maximum Gasteiger partial charge on any atom is 0.416 e. The Morgan fingerprint density at radius 3 is 2.45 bits per heavy atom. The molecule has 0 bridgehead atoms. The number of nitrogens with zero attached hydrogens (tertiary/aromatic N) is 2. The zero-order chi connectivity index (χ0) is 21.8. The molecule has 2 rings (SSSR count). The van der Waals surface area contributed by atoms with Crippen molar-refractivity contribution >= 4 is 5.91 Å². The van der Waals surface area contributed by atoms with Gasteiger partial charge in [-0.05, 0) is 56.9 Å². The predicted molar refractivity (Wildman–Crippen MR) is 105 cm³/mol. The summed E-state index contributed by atoms with van der Waals surface area (Å²) < 4.78 is 47.7. The molecule has 0 aliphatic heterocycles. The summed E-state index contributed by atoms with van der Waals surface area (Å²) in [7, 11) is 0. The quantitative estimate of drug-likeness (QED) is 0.692. The number of hydrogen-bond acceptors (Lipinski definition) is 3. The van der Waals surface area contributed by atoms with Gasteiger partial charge in [-0.15, -0.1) is 0 Å². The fourth-order valence-electron chi connectivity index (χ4n) is 2.89. The van der Waals surface area contributed by atoms with E-state index in [1.807, 2.05) is 13.8 Å². The Morgan fingerprint density at radius 1 is 1.21 bits per heavy atom. The number of nitrogens with one attached hydrogen (secondary N) is 1. The van der Waals surface area contributed by atoms with E-state index in [1.54, 1.807) is 32.9 Å². The van der Waals surface area contributed by atoms with E-state index in [1.165, 1.54) is 10.7 Å². The minimum Gasteiger partial charge on any atom is -0.369 e. The van der Waals surface area contributed by atoms with Gasteiger partial charge >= 0.3 is 6.18 Å². The summed E-state index contributed by atoms with van der Waals surface area (Å²) in [5, 5.41) is 6.77. The van der Waals surface area contributed by atoms with Gasteiger partial charge in [-0.3, -0.25) is 4.79 Å². The van der Waals surface area contributed by atoms with Crippen molar-refractivity contribution in [2.24, 2.45) is 5.92 Å². The molecular weight excluding hydrogens is 383 g/mol. The monoisotopic (exact) mass is 411 g/mol. The van der Waals surface area contributed by atoms with Crippen LogP contribution in [0.5, 0.6) is 0 Å². The van der Waals surface area contributed by atoms with Crippen LogP contribution < -0.4 is 5.32 Å². The highest BCUT2D eigenvalue weighted by molar-refractivity contribution is 5.80. The Hall–Kier alpha value is -2.35. The highest BCUT2D eigenvalue weighted by Gasteiger charge is 2.34. The molecular formula is C21H28F3N3O2. The van der Waals surface area contributed by atoms with Crippen molar-refractivity contribution in [1.82, 2.24) is 15.1 Å². The largest absolute Gasteiger partial charge is 0.416 e. The van der Waals surface area contributed by atoms with E-state index < -0.39 is 23.8 Å². The zero-order valence-electron chi connectivity index (χ0n) is 17.4. The van der Waals surface area contributed by atoms with Crippen LogP contribution in [0.3, 0.4) is 0 Å². The Balaban J connectivity index is 2.14. The molecule has 0 saturated carbocycles. The average molecular weight is 411 g/mol. The lowest BCUT2D eigenvalue weighted by molar-refractivity contribution is -0.139. The highest BCUT2D eigenvalue weighted by atomic mass is 19.4. The van der Waals surface area contributed by atoms with E-state index in [9.17, 15) is 18.0 Å². The number of benzene rings is 1. The summed E-state index contributed by atoms with van der Waals surface area (Å²) >= 11 is 0. The van der Waals surface area contributed by atoms with Crippen molar-refractivity contribution in [2.45, 2.75) is 59.9 Å². The van der Waals surface area contributed by atoms with Crippen molar-refractivity contribution in [3.8, 4) is 5.69 Å². The van der Waals surface area contributed by atoms with Crippen molar-refractivity contribution in [3.63, 3.8) is 0 Å². The minimum absolute atomic E-state index is 0.00879. The third-order valence-corrected chi connectivity index (χ3v) is 4.54. The van der Waals surface area contributed by atoms with Crippen LogP contribution >= 0.6 is 0 Å². The van der Waals surface area contributed by atoms with E-state index >= 15 is 0 Å². The normalized spacial score (nSPS) is 13.0. The predicted octanol–water partition coefficient (Wildman–Crippen LogP) is 4.58. The van der Waals surface area contributed by atoms with E-state index in [2.05, 4.69) is 10.4 Å². The second kappa shape index (κ2) is 9.43. The van der Waals surface area contributed by atoms with Crippen molar-refractivity contribution < 1.29 is 22.7 Å². The number of carbonyl (C=O) groups excluding carboxylic acids is 1. The van der Waals surface area contributed by atoms with Gasteiger partial charge in [-0.25, -0.2) is 4.68 Å². The molecule has 0 saturated heterocycles. The Morgan fingerprint density at radius 2 is 1.90 bits per heavy atom. The summed E-state index contributed by atoms with van der Waals surface area (Å²) in [5.74, 6) is 0.00448. The summed E-state index contributed by atoms with van der Waals surface area (Å²) in [5.41, 5.74) is 0.980. The first-order valence-electron chi connectivity index (χ1n) is 9.62. The number of halogens is 3. The van der Waals surface area contributed by atoms with Crippen molar-refractivity contribution in [3.05, 3.63) is 46.8 Å². The van der Waals surface area contributed by atoms with Crippen LogP contribution in [0.1, 0.15) is 49.7 Å². The molecule has 8 heteroatoms. The second-order valence-electron chi connectivity index (χ2n) is 7.59. The summed E-state index contributed by atoms with van der Waals surface area (Å²) in [6, 6.07) is 5.80. The molecule has 29 heavy (non-hydrogen) atoms. The highest BCUT2D eigenvalue weighted by Crippen LogP contribution is 2.33. The van der Waals surface area contributed by atoms with E-state index in [-0.39, 0.29) is 12.1 Å². The molecule has 5 nitrogen and oxygen atoms in total. The number of aryl methyl sites for hydroxylation is 2. The third-order valence-electron chi connectivity index (χ3n) is 4.54. The van der Waals surface area contributed by atoms with Gasteiger partial charge in [0.15, 0.2) is 0 Å². The van der Waals surface area contributed by atoms with Crippen LogP contribution in [0, 0.1) is 19.8 Å². The number of carbonyl (C=O) groups is 1. The lowest BCUT2D eigenvalue weighted by Gasteiger charge is -2.17. The number of aromatic nitrogens is 2. The molecule has 0 aliphatic rings. The molecule has 1 amide bonds. The van der Waals surface area contributed by atoms with Gasteiger partial charge in [-0.1, -0.05) is 19.9 Å². The van der Waals surface area contributed by atoms with E-state index in [0.717, 1.165) is 23.9 Å². The number of amides is 1. The first-order chi connectivity index (χ1) is 13.5. The van der Waals surface area contributed by atoms with Crippen LogP contribution in [-0.4, -0.2) is 28.4 Å². The Bertz CT molecular complexity index is 844. The van der Waals surface area contributed by atoms with Gasteiger partial charge in [-0.2, -0.15) is 18.3 Å². The molecule has 1 unspecified atom stereocenters. The second-order valence-corrected chi connectivity index (χ2v) is 7.59. The van der Waals surface area contributed by atoms with Gasteiger partial charge in [0.25, 0.3) is 0 Å². The van der Waals surface area contributed by atoms with Gasteiger partial charge < -0.3 is 10.1 Å². The maximum atomic E-state index is 13.6. The van der Waals surface area contributed by atoms with Gasteiger partial charge in [0, 0.05) is 18.8 Å². The van der Waals surface area contributed by atoms with Crippen molar-refractivity contribution in [1.29, 1.82) is 0 Å². The van der Waals surface area contributed by atoms with E-state index in [4.69, 9.17) is 4.74 Å². The molecule has 0 fully saturated rings. The molecule has 0 radical (unpaired) electrons. The molecule has 1 heterocycles. The molecule has 1 N–H and O–H groups in total. The standard InChI is InChI=1S/C21H28F3N3O2/c1-13(2)8-9-29-16(5)20(28)25-12-17-6-7-18(11-19(17)21(22,23)24)27-15(4)10-14(3)26-27/h6-7,10-11,13,16H,8-9,12H2,1-5H3,(H,25,28). The molecule has 1 atom stereocenters. The van der Waals surface area contributed by atoms with Crippen LogP contribution in [0.2, 0.25) is 0 Å². The summed E-state index contributed by atoms with van der Waals surface area (Å²) in [4.78, 5) is 12.2. The lowest BCUT2D eigenvalue weighted by atomic mass is 10.1. The lowest BCUT2D eigenvalue weighted by Crippen LogP contribution is -2.35. The smallest absolute Gasteiger partial charge is 0.369 e. The van der Waals surface area contributed by atoms with Gasteiger partial charge in [0.2, 0.25) is 5.91 Å². The van der Waals surface area contributed by atoms with Crippen LogP contribution in [0.25, 0.3) is 5.69 Å². The fraction of sp³-hybridized carbons (Fsp3) is 0.524. The number of alkyl halides is 3. The Kier molecular flexibility index (Phi) is 7.46. The molecule has 1 aromatic heterocycles. The third kappa shape index (κ3) is 6.32. The molecule has 0 aliphatic carbocycles. The fourth-order valence-corrected chi connectivity index (χ4v) is 2.89.